The molecule has 0 radical (unpaired) electrons. The molecule has 1 fully saturated rings. The Balaban J connectivity index is 1.59. The fraction of sp³-hybridized carbons (Fsp3) is 0.667. The van der Waals surface area contributed by atoms with Gasteiger partial charge in [-0.2, -0.15) is 4.31 Å². The van der Waals surface area contributed by atoms with Gasteiger partial charge in [0.2, 0.25) is 10.0 Å². The minimum absolute atomic E-state index is 0.0350. The van der Waals surface area contributed by atoms with Gasteiger partial charge in [0.15, 0.2) is 6.54 Å². The average molecular weight is 409 g/mol. The number of quaternary nitrogens is 1. The quantitative estimate of drug-likeness (QED) is 0.730. The first-order chi connectivity index (χ1) is 13.2. The monoisotopic (exact) mass is 408 g/mol. The van der Waals surface area contributed by atoms with Gasteiger partial charge in [-0.15, -0.1) is 0 Å². The number of sulfonamides is 1. The maximum Gasteiger partial charge on any atom is 0.275 e. The van der Waals surface area contributed by atoms with Gasteiger partial charge in [0.1, 0.15) is 0 Å². The van der Waals surface area contributed by atoms with Crippen molar-refractivity contribution >= 4 is 15.9 Å². The number of carbonyl (C=O) groups excluding carboxylic acids is 1. The maximum atomic E-state index is 13.1. The van der Waals surface area contributed by atoms with Gasteiger partial charge in [-0.25, -0.2) is 8.42 Å². The average Bonchev–Trinajstić information content (AvgIpc) is 2.67. The highest BCUT2D eigenvalue weighted by molar-refractivity contribution is 7.89. The molecular weight excluding hydrogens is 374 g/mol. The Hall–Kier alpha value is -1.44. The number of benzene rings is 1. The highest BCUT2D eigenvalue weighted by Gasteiger charge is 2.32. The molecule has 3 rings (SSSR count). The normalized spacial score (nSPS) is 19.2. The van der Waals surface area contributed by atoms with Gasteiger partial charge >= 0.3 is 0 Å². The Morgan fingerprint density at radius 2 is 1.79 bits per heavy atom. The summed E-state index contributed by atoms with van der Waals surface area (Å²) in [5.41, 5.74) is 2.28. The molecule has 6 nitrogen and oxygen atoms in total. The van der Waals surface area contributed by atoms with Crippen molar-refractivity contribution in [3.8, 4) is 0 Å². The van der Waals surface area contributed by atoms with Crippen LogP contribution in [0.3, 0.4) is 0 Å². The fourth-order valence-electron chi connectivity index (χ4n) is 3.98. The molecule has 0 unspecified atom stereocenters. The van der Waals surface area contributed by atoms with Crippen molar-refractivity contribution in [2.45, 2.75) is 63.3 Å². The summed E-state index contributed by atoms with van der Waals surface area (Å²) in [6.45, 7) is 8.72. The molecule has 0 spiro atoms. The predicted molar refractivity (Wildman–Crippen MR) is 110 cm³/mol. The van der Waals surface area contributed by atoms with Gasteiger partial charge in [-0.1, -0.05) is 13.0 Å². The van der Waals surface area contributed by atoms with Crippen LogP contribution in [0.5, 0.6) is 0 Å². The lowest BCUT2D eigenvalue weighted by atomic mass is 9.92. The van der Waals surface area contributed by atoms with Crippen LogP contribution in [0.15, 0.2) is 23.1 Å². The van der Waals surface area contributed by atoms with E-state index < -0.39 is 10.0 Å². The van der Waals surface area contributed by atoms with Crippen LogP contribution < -0.4 is 10.2 Å². The van der Waals surface area contributed by atoms with E-state index in [4.69, 9.17) is 0 Å². The molecule has 0 atom stereocenters. The van der Waals surface area contributed by atoms with E-state index >= 15 is 0 Å². The molecule has 0 bridgehead atoms. The maximum absolute atomic E-state index is 13.1. The molecule has 1 aliphatic carbocycles. The minimum Gasteiger partial charge on any atom is -0.346 e. The molecule has 1 aromatic rings. The van der Waals surface area contributed by atoms with E-state index in [2.05, 4.69) is 12.2 Å². The SMILES string of the molecule is CCC(C)(C)NC(=O)C[NH+]1CCN(S(=O)(=O)c2ccc3c(c2)CCCC3)CC1. The number of piperazine rings is 1. The highest BCUT2D eigenvalue weighted by atomic mass is 32.2. The molecule has 7 heteroatoms. The first-order valence-electron chi connectivity index (χ1n) is 10.5. The van der Waals surface area contributed by atoms with E-state index in [9.17, 15) is 13.2 Å². The number of hydrogen-bond donors (Lipinski definition) is 2. The van der Waals surface area contributed by atoms with E-state index in [-0.39, 0.29) is 11.4 Å². The summed E-state index contributed by atoms with van der Waals surface area (Å²) in [4.78, 5) is 13.8. The highest BCUT2D eigenvalue weighted by Crippen LogP contribution is 2.25. The van der Waals surface area contributed by atoms with Crippen LogP contribution in [0.4, 0.5) is 0 Å². The van der Waals surface area contributed by atoms with E-state index in [0.29, 0.717) is 37.6 Å². The second-order valence-electron chi connectivity index (χ2n) is 8.75. The summed E-state index contributed by atoms with van der Waals surface area (Å²) in [7, 11) is -3.46. The van der Waals surface area contributed by atoms with Crippen LogP contribution in [-0.4, -0.2) is 56.9 Å². The third-order valence-electron chi connectivity index (χ3n) is 6.16. The number of hydrogen-bond acceptors (Lipinski definition) is 3. The zero-order valence-corrected chi connectivity index (χ0v) is 18.2. The summed E-state index contributed by atoms with van der Waals surface area (Å²) in [6.07, 6.45) is 5.22. The molecule has 2 N–H and O–H groups in total. The lowest BCUT2D eigenvalue weighted by Crippen LogP contribution is -3.16. The van der Waals surface area contributed by atoms with Crippen molar-refractivity contribution in [1.29, 1.82) is 0 Å². The second kappa shape index (κ2) is 8.51. The van der Waals surface area contributed by atoms with Gasteiger partial charge in [0.25, 0.3) is 5.91 Å². The van der Waals surface area contributed by atoms with Gasteiger partial charge in [-0.3, -0.25) is 4.79 Å². The van der Waals surface area contributed by atoms with Crippen LogP contribution in [0.1, 0.15) is 51.2 Å². The number of nitrogens with zero attached hydrogens (tertiary/aromatic N) is 1. The van der Waals surface area contributed by atoms with E-state index in [1.165, 1.54) is 17.5 Å². The fourth-order valence-corrected chi connectivity index (χ4v) is 5.47. The van der Waals surface area contributed by atoms with Gasteiger partial charge in [0.05, 0.1) is 31.1 Å². The van der Waals surface area contributed by atoms with Crippen molar-refractivity contribution in [1.82, 2.24) is 9.62 Å². The number of aryl methyl sites for hydroxylation is 2. The van der Waals surface area contributed by atoms with Gasteiger partial charge in [-0.05, 0) is 69.2 Å². The van der Waals surface area contributed by atoms with Crippen LogP contribution in [0.25, 0.3) is 0 Å². The van der Waals surface area contributed by atoms with Crippen LogP contribution >= 0.6 is 0 Å². The Kier molecular flexibility index (Phi) is 6.47. The number of carbonyl (C=O) groups is 1. The Morgan fingerprint density at radius 3 is 2.43 bits per heavy atom. The number of amides is 1. The van der Waals surface area contributed by atoms with E-state index in [1.807, 2.05) is 26.0 Å². The third-order valence-corrected chi connectivity index (χ3v) is 8.05. The summed E-state index contributed by atoms with van der Waals surface area (Å²) < 4.78 is 27.7. The standard InChI is InChI=1S/C21H33N3O3S/c1-4-21(2,3)22-20(25)16-23-11-13-24(14-12-23)28(26,27)19-10-9-17-7-5-6-8-18(17)15-19/h9-10,15H,4-8,11-14,16H2,1-3H3,(H,22,25)/p+1. The van der Waals surface area contributed by atoms with Gasteiger partial charge in [0, 0.05) is 5.54 Å². The summed E-state index contributed by atoms with van der Waals surface area (Å²) in [6, 6.07) is 5.63. The van der Waals surface area contributed by atoms with E-state index in [0.717, 1.165) is 30.6 Å². The molecule has 28 heavy (non-hydrogen) atoms. The molecular formula is C21H34N3O3S+. The molecule has 1 aliphatic heterocycles. The van der Waals surface area contributed by atoms with E-state index in [1.54, 1.807) is 10.4 Å². The molecule has 0 saturated carbocycles. The topological polar surface area (TPSA) is 70.9 Å². The minimum atomic E-state index is -3.46. The summed E-state index contributed by atoms with van der Waals surface area (Å²) >= 11 is 0. The van der Waals surface area contributed by atoms with Crippen molar-refractivity contribution < 1.29 is 18.1 Å². The number of fused-ring (bicyclic) bond motifs is 1. The predicted octanol–water partition coefficient (Wildman–Crippen LogP) is 0.759. The lowest BCUT2D eigenvalue weighted by Gasteiger charge is -2.32. The van der Waals surface area contributed by atoms with Crippen LogP contribution in [-0.2, 0) is 27.7 Å². The molecule has 1 heterocycles. The van der Waals surface area contributed by atoms with Gasteiger partial charge < -0.3 is 10.2 Å². The summed E-state index contributed by atoms with van der Waals surface area (Å²) in [5.74, 6) is 0.0350. The Morgan fingerprint density at radius 1 is 1.14 bits per heavy atom. The van der Waals surface area contributed by atoms with Crippen molar-refractivity contribution in [3.63, 3.8) is 0 Å². The zero-order chi connectivity index (χ0) is 20.4. The first-order valence-corrected chi connectivity index (χ1v) is 11.9. The summed E-state index contributed by atoms with van der Waals surface area (Å²) in [5, 5.41) is 3.06. The number of nitrogens with one attached hydrogen (secondary N) is 2. The smallest absolute Gasteiger partial charge is 0.275 e. The molecule has 156 valence electrons. The zero-order valence-electron chi connectivity index (χ0n) is 17.4. The molecule has 2 aliphatic rings. The molecule has 1 saturated heterocycles. The van der Waals surface area contributed by atoms with Crippen molar-refractivity contribution in [2.75, 3.05) is 32.7 Å². The third kappa shape index (κ3) is 4.93. The number of rotatable bonds is 6. The lowest BCUT2D eigenvalue weighted by molar-refractivity contribution is -0.895. The Labute approximate surface area is 169 Å². The van der Waals surface area contributed by atoms with Crippen LogP contribution in [0.2, 0.25) is 0 Å². The molecule has 1 aromatic carbocycles. The Bertz CT molecular complexity index is 812. The molecule has 1 amide bonds. The first kappa shape index (κ1) is 21.3. The largest absolute Gasteiger partial charge is 0.346 e. The van der Waals surface area contributed by atoms with Crippen molar-refractivity contribution in [2.24, 2.45) is 0 Å². The van der Waals surface area contributed by atoms with Crippen LogP contribution in [0, 0.1) is 0 Å². The molecule has 0 aromatic heterocycles. The second-order valence-corrected chi connectivity index (χ2v) is 10.7. The van der Waals surface area contributed by atoms with Crippen molar-refractivity contribution in [3.05, 3.63) is 29.3 Å².